The molecule has 4 N–H and O–H groups in total. The van der Waals surface area contributed by atoms with Crippen LogP contribution in [-0.4, -0.2) is 28.4 Å². The molecule has 6 nitrogen and oxygen atoms in total. The van der Waals surface area contributed by atoms with Crippen molar-refractivity contribution >= 4 is 31.9 Å². The van der Waals surface area contributed by atoms with Crippen LogP contribution in [0.5, 0.6) is 23.0 Å². The highest BCUT2D eigenvalue weighted by molar-refractivity contribution is 9.10. The molecule has 2 aromatic rings. The fourth-order valence-electron chi connectivity index (χ4n) is 2.83. The Kier molecular flexibility index (Phi) is 7.16. The lowest BCUT2D eigenvalue weighted by atomic mass is 9.92. The maximum absolute atomic E-state index is 6.54. The molecule has 0 aromatic heterocycles. The zero-order valence-electron chi connectivity index (χ0n) is 15.0. The van der Waals surface area contributed by atoms with Crippen molar-refractivity contribution in [3.05, 3.63) is 44.3 Å². The number of ether oxygens (including phenoxy) is 4. The first-order valence-electron chi connectivity index (χ1n) is 7.71. The van der Waals surface area contributed by atoms with Crippen LogP contribution in [0.3, 0.4) is 0 Å². The van der Waals surface area contributed by atoms with Gasteiger partial charge < -0.3 is 30.4 Å². The first-order valence-corrected chi connectivity index (χ1v) is 9.30. The molecule has 2 atom stereocenters. The normalized spacial score (nSPS) is 13.1. The van der Waals surface area contributed by atoms with Crippen molar-refractivity contribution in [2.45, 2.75) is 12.1 Å². The summed E-state index contributed by atoms with van der Waals surface area (Å²) in [5, 5.41) is 0. The quantitative estimate of drug-likeness (QED) is 0.612. The highest BCUT2D eigenvalue weighted by Crippen LogP contribution is 2.44. The van der Waals surface area contributed by atoms with Gasteiger partial charge in [0.1, 0.15) is 23.0 Å². The second-order valence-electron chi connectivity index (χ2n) is 5.50. The minimum Gasteiger partial charge on any atom is -0.496 e. The molecule has 0 heterocycles. The molecule has 0 aliphatic rings. The third kappa shape index (κ3) is 4.09. The Morgan fingerprint density at radius 2 is 0.846 bits per heavy atom. The van der Waals surface area contributed by atoms with E-state index in [1.807, 2.05) is 24.3 Å². The molecule has 0 aliphatic carbocycles. The predicted molar refractivity (Wildman–Crippen MR) is 108 cm³/mol. The number of nitrogens with two attached hydrogens (primary N) is 2. The topological polar surface area (TPSA) is 89.0 Å². The molecule has 0 fully saturated rings. The summed E-state index contributed by atoms with van der Waals surface area (Å²) < 4.78 is 23.6. The highest BCUT2D eigenvalue weighted by Gasteiger charge is 2.29. The van der Waals surface area contributed by atoms with E-state index in [0.29, 0.717) is 34.1 Å². The van der Waals surface area contributed by atoms with Gasteiger partial charge in [-0.15, -0.1) is 0 Å². The Bertz CT molecular complexity index is 670. The van der Waals surface area contributed by atoms with Crippen LogP contribution in [-0.2, 0) is 0 Å². The van der Waals surface area contributed by atoms with Gasteiger partial charge in [-0.05, 0) is 24.3 Å². The SMILES string of the molecule is COc1cc(Br)cc(OC)c1C(N)C(N)c1c(OC)cc(Br)cc1OC. The van der Waals surface area contributed by atoms with Gasteiger partial charge in [0, 0.05) is 8.95 Å². The third-order valence-corrected chi connectivity index (χ3v) is 4.99. The Labute approximate surface area is 170 Å². The molecule has 26 heavy (non-hydrogen) atoms. The van der Waals surface area contributed by atoms with Crippen LogP contribution in [0.15, 0.2) is 33.2 Å². The van der Waals surface area contributed by atoms with Gasteiger partial charge >= 0.3 is 0 Å². The minimum atomic E-state index is -0.628. The summed E-state index contributed by atoms with van der Waals surface area (Å²) in [6.45, 7) is 0. The van der Waals surface area contributed by atoms with Gasteiger partial charge in [0.25, 0.3) is 0 Å². The number of hydrogen-bond acceptors (Lipinski definition) is 6. The van der Waals surface area contributed by atoms with E-state index in [-0.39, 0.29) is 0 Å². The first kappa shape index (κ1) is 20.8. The Morgan fingerprint density at radius 1 is 0.615 bits per heavy atom. The Morgan fingerprint density at radius 3 is 1.04 bits per heavy atom. The summed E-state index contributed by atoms with van der Waals surface area (Å²) in [5.41, 5.74) is 14.4. The molecule has 2 unspecified atom stereocenters. The Balaban J connectivity index is 2.60. The molecule has 0 bridgehead atoms. The molecule has 0 amide bonds. The number of hydrogen-bond donors (Lipinski definition) is 2. The van der Waals surface area contributed by atoms with Crippen molar-refractivity contribution in [2.75, 3.05) is 28.4 Å². The molecular weight excluding hydrogens is 468 g/mol. The van der Waals surface area contributed by atoms with Crippen molar-refractivity contribution in [2.24, 2.45) is 11.5 Å². The van der Waals surface area contributed by atoms with Gasteiger partial charge in [0.05, 0.1) is 51.6 Å². The summed E-state index contributed by atoms with van der Waals surface area (Å²) in [4.78, 5) is 0. The zero-order valence-corrected chi connectivity index (χ0v) is 18.2. The van der Waals surface area contributed by atoms with Crippen molar-refractivity contribution in [3.63, 3.8) is 0 Å². The number of methoxy groups -OCH3 is 4. The van der Waals surface area contributed by atoms with E-state index in [1.54, 1.807) is 28.4 Å². The van der Waals surface area contributed by atoms with E-state index >= 15 is 0 Å². The van der Waals surface area contributed by atoms with E-state index in [4.69, 9.17) is 30.4 Å². The minimum absolute atomic E-state index is 0.578. The number of halogens is 2. The van der Waals surface area contributed by atoms with Crippen molar-refractivity contribution in [1.82, 2.24) is 0 Å². The van der Waals surface area contributed by atoms with Crippen molar-refractivity contribution in [1.29, 1.82) is 0 Å². The molecule has 0 radical (unpaired) electrons. The van der Waals surface area contributed by atoms with Gasteiger partial charge in [-0.2, -0.15) is 0 Å². The first-order chi connectivity index (χ1) is 12.4. The largest absolute Gasteiger partial charge is 0.496 e. The summed E-state index contributed by atoms with van der Waals surface area (Å²) in [6.07, 6.45) is 0. The smallest absolute Gasteiger partial charge is 0.128 e. The van der Waals surface area contributed by atoms with Gasteiger partial charge in [-0.3, -0.25) is 0 Å². The second-order valence-corrected chi connectivity index (χ2v) is 7.33. The lowest BCUT2D eigenvalue weighted by Gasteiger charge is -2.27. The molecule has 0 spiro atoms. The number of rotatable bonds is 7. The van der Waals surface area contributed by atoms with Crippen LogP contribution >= 0.6 is 31.9 Å². The van der Waals surface area contributed by atoms with Gasteiger partial charge in [0.15, 0.2) is 0 Å². The number of benzene rings is 2. The van der Waals surface area contributed by atoms with E-state index in [0.717, 1.165) is 8.95 Å². The molecule has 2 aromatic carbocycles. The average Bonchev–Trinajstić information content (AvgIpc) is 2.64. The van der Waals surface area contributed by atoms with Crippen molar-refractivity contribution < 1.29 is 18.9 Å². The lowest BCUT2D eigenvalue weighted by molar-refractivity contribution is 0.358. The van der Waals surface area contributed by atoms with E-state index in [2.05, 4.69) is 31.9 Å². The summed E-state index contributed by atoms with van der Waals surface area (Å²) in [5.74, 6) is 2.31. The molecule has 142 valence electrons. The van der Waals surface area contributed by atoms with Gasteiger partial charge in [-0.25, -0.2) is 0 Å². The van der Waals surface area contributed by atoms with E-state index < -0.39 is 12.1 Å². The van der Waals surface area contributed by atoms with Crippen LogP contribution in [0.2, 0.25) is 0 Å². The van der Waals surface area contributed by atoms with Gasteiger partial charge in [-0.1, -0.05) is 31.9 Å². The lowest BCUT2D eigenvalue weighted by Crippen LogP contribution is -2.28. The monoisotopic (exact) mass is 488 g/mol. The van der Waals surface area contributed by atoms with Crippen LogP contribution in [0.4, 0.5) is 0 Å². The molecule has 2 rings (SSSR count). The second kappa shape index (κ2) is 8.94. The van der Waals surface area contributed by atoms with Crippen LogP contribution in [0.1, 0.15) is 23.2 Å². The summed E-state index contributed by atoms with van der Waals surface area (Å²) in [6, 6.07) is 6.02. The molecule has 0 saturated carbocycles. The zero-order chi connectivity index (χ0) is 19.4. The maximum atomic E-state index is 6.54. The van der Waals surface area contributed by atoms with Crippen LogP contribution in [0, 0.1) is 0 Å². The average molecular weight is 490 g/mol. The molecule has 0 aliphatic heterocycles. The standard InChI is InChI=1S/C18H22Br2N2O4/c1-23-11-5-9(19)6-12(24-2)15(11)17(21)18(22)16-13(25-3)7-10(20)8-14(16)26-4/h5-8,17-18H,21-22H2,1-4H3. The molecular formula is C18H22Br2N2O4. The Hall–Kier alpha value is -1.48. The summed E-state index contributed by atoms with van der Waals surface area (Å²) >= 11 is 6.87. The van der Waals surface area contributed by atoms with E-state index in [1.165, 1.54) is 0 Å². The van der Waals surface area contributed by atoms with E-state index in [9.17, 15) is 0 Å². The van der Waals surface area contributed by atoms with Gasteiger partial charge in [0.2, 0.25) is 0 Å². The molecule has 8 heteroatoms. The predicted octanol–water partition coefficient (Wildman–Crippen LogP) is 3.95. The molecule has 0 saturated heterocycles. The van der Waals surface area contributed by atoms with Crippen LogP contribution < -0.4 is 30.4 Å². The van der Waals surface area contributed by atoms with Crippen molar-refractivity contribution in [3.8, 4) is 23.0 Å². The fourth-order valence-corrected chi connectivity index (χ4v) is 3.66. The highest BCUT2D eigenvalue weighted by atomic mass is 79.9. The third-order valence-electron chi connectivity index (χ3n) is 4.07. The summed E-state index contributed by atoms with van der Waals surface area (Å²) in [7, 11) is 6.29. The fraction of sp³-hybridized carbons (Fsp3) is 0.333. The maximum Gasteiger partial charge on any atom is 0.128 e. The van der Waals surface area contributed by atoms with Crippen LogP contribution in [0.25, 0.3) is 0 Å².